The van der Waals surface area contributed by atoms with Crippen LogP contribution in [0.4, 0.5) is 0 Å². The van der Waals surface area contributed by atoms with Gasteiger partial charge in [-0.05, 0) is 41.6 Å². The minimum absolute atomic E-state index is 0.324. The second-order valence-corrected chi connectivity index (χ2v) is 5.84. The second-order valence-electron chi connectivity index (χ2n) is 5.43. The Bertz CT molecular complexity index is 867. The summed E-state index contributed by atoms with van der Waals surface area (Å²) in [6.45, 7) is 2.80. The van der Waals surface area contributed by atoms with Gasteiger partial charge in [0.25, 0.3) is 0 Å². The first-order valence-electron chi connectivity index (χ1n) is 7.58. The third kappa shape index (κ3) is 2.97. The number of aromatic nitrogens is 1. The molecule has 0 bridgehead atoms. The molecule has 4 heteroatoms. The number of esters is 1. The number of carbonyl (C=O) groups is 1. The Labute approximate surface area is 140 Å². The van der Waals surface area contributed by atoms with E-state index in [4.69, 9.17) is 16.3 Å². The average molecular weight is 328 g/mol. The molecule has 0 saturated carbocycles. The van der Waals surface area contributed by atoms with Crippen LogP contribution in [0.15, 0.2) is 48.5 Å². The van der Waals surface area contributed by atoms with E-state index in [0.29, 0.717) is 12.1 Å². The van der Waals surface area contributed by atoms with Crippen molar-refractivity contribution in [3.63, 3.8) is 0 Å². The van der Waals surface area contributed by atoms with Crippen molar-refractivity contribution in [1.29, 1.82) is 0 Å². The highest BCUT2D eigenvalue weighted by molar-refractivity contribution is 6.31. The van der Waals surface area contributed by atoms with E-state index in [9.17, 15) is 4.79 Å². The van der Waals surface area contributed by atoms with Crippen molar-refractivity contribution < 1.29 is 9.53 Å². The summed E-state index contributed by atoms with van der Waals surface area (Å²) in [5, 5.41) is 1.86. The summed E-state index contributed by atoms with van der Waals surface area (Å²) in [4.78, 5) is 11.8. The maximum absolute atomic E-state index is 11.8. The van der Waals surface area contributed by atoms with Crippen LogP contribution in [0.5, 0.6) is 0 Å². The third-order valence-electron chi connectivity index (χ3n) is 4.06. The summed E-state index contributed by atoms with van der Waals surface area (Å²) in [5.74, 6) is -0.324. The standard InChI is InChI=1S/C19H18ClNO2/c1-3-16-10-13-8-9-14(19(22)23-2)11-18(13)21(16)12-15-6-4-5-7-17(15)20/h4-11H,3,12H2,1-2H3. The van der Waals surface area contributed by atoms with E-state index in [1.165, 1.54) is 12.8 Å². The van der Waals surface area contributed by atoms with Gasteiger partial charge in [-0.1, -0.05) is 42.8 Å². The molecule has 2 aromatic carbocycles. The number of ether oxygens (including phenoxy) is 1. The van der Waals surface area contributed by atoms with Crippen molar-refractivity contribution in [1.82, 2.24) is 4.57 Å². The Morgan fingerprint density at radius 2 is 1.96 bits per heavy atom. The fourth-order valence-corrected chi connectivity index (χ4v) is 3.03. The summed E-state index contributed by atoms with van der Waals surface area (Å²) in [7, 11) is 1.40. The molecule has 0 atom stereocenters. The van der Waals surface area contributed by atoms with Gasteiger partial charge in [0.1, 0.15) is 0 Å². The van der Waals surface area contributed by atoms with Crippen LogP contribution in [0, 0.1) is 0 Å². The average Bonchev–Trinajstić information content (AvgIpc) is 2.93. The van der Waals surface area contributed by atoms with Crippen molar-refractivity contribution in [2.24, 2.45) is 0 Å². The topological polar surface area (TPSA) is 31.2 Å². The highest BCUT2D eigenvalue weighted by atomic mass is 35.5. The van der Waals surface area contributed by atoms with Gasteiger partial charge in [-0.3, -0.25) is 0 Å². The molecule has 23 heavy (non-hydrogen) atoms. The molecule has 0 N–H and O–H groups in total. The second kappa shape index (κ2) is 6.47. The molecule has 0 aliphatic heterocycles. The molecule has 1 heterocycles. The minimum atomic E-state index is -0.324. The number of fused-ring (bicyclic) bond motifs is 1. The molecule has 0 amide bonds. The van der Waals surface area contributed by atoms with Gasteiger partial charge in [-0.15, -0.1) is 0 Å². The highest BCUT2D eigenvalue weighted by Gasteiger charge is 2.13. The van der Waals surface area contributed by atoms with Gasteiger partial charge in [0.05, 0.1) is 12.7 Å². The van der Waals surface area contributed by atoms with Crippen LogP contribution in [0.25, 0.3) is 10.9 Å². The number of aryl methyl sites for hydroxylation is 1. The summed E-state index contributed by atoms with van der Waals surface area (Å²) in [6, 6.07) is 15.6. The fourth-order valence-electron chi connectivity index (χ4n) is 2.83. The van der Waals surface area contributed by atoms with Crippen molar-refractivity contribution in [2.45, 2.75) is 19.9 Å². The van der Waals surface area contributed by atoms with Crippen LogP contribution in [0.2, 0.25) is 5.02 Å². The first kappa shape index (κ1) is 15.6. The number of methoxy groups -OCH3 is 1. The number of halogens is 1. The Hall–Kier alpha value is -2.26. The Balaban J connectivity index is 2.13. The smallest absolute Gasteiger partial charge is 0.337 e. The zero-order chi connectivity index (χ0) is 16.4. The fraction of sp³-hybridized carbons (Fsp3) is 0.211. The number of hydrogen-bond acceptors (Lipinski definition) is 2. The van der Waals surface area contributed by atoms with E-state index >= 15 is 0 Å². The molecule has 0 aliphatic carbocycles. The van der Waals surface area contributed by atoms with Crippen molar-refractivity contribution in [2.75, 3.05) is 7.11 Å². The number of carbonyl (C=O) groups excluding carboxylic acids is 1. The zero-order valence-electron chi connectivity index (χ0n) is 13.2. The van der Waals surface area contributed by atoms with Crippen LogP contribution in [0.3, 0.4) is 0 Å². The van der Waals surface area contributed by atoms with E-state index in [1.807, 2.05) is 36.4 Å². The molecule has 118 valence electrons. The molecule has 0 spiro atoms. The van der Waals surface area contributed by atoms with Gasteiger partial charge in [0.15, 0.2) is 0 Å². The molecule has 0 saturated heterocycles. The monoisotopic (exact) mass is 327 g/mol. The zero-order valence-corrected chi connectivity index (χ0v) is 13.9. The van der Waals surface area contributed by atoms with Crippen LogP contribution in [0.1, 0.15) is 28.5 Å². The summed E-state index contributed by atoms with van der Waals surface area (Å²) in [5.41, 5.74) is 3.85. The highest BCUT2D eigenvalue weighted by Crippen LogP contribution is 2.25. The van der Waals surface area contributed by atoms with Crippen molar-refractivity contribution in [3.05, 3.63) is 70.4 Å². The van der Waals surface area contributed by atoms with Crippen LogP contribution in [-0.2, 0) is 17.7 Å². The molecule has 0 aliphatic rings. The van der Waals surface area contributed by atoms with Crippen molar-refractivity contribution in [3.8, 4) is 0 Å². The van der Waals surface area contributed by atoms with Gasteiger partial charge in [0.2, 0.25) is 0 Å². The number of rotatable bonds is 4. The first-order chi connectivity index (χ1) is 11.1. The minimum Gasteiger partial charge on any atom is -0.465 e. The molecule has 0 unspecified atom stereocenters. The lowest BCUT2D eigenvalue weighted by Crippen LogP contribution is -2.05. The van der Waals surface area contributed by atoms with Gasteiger partial charge < -0.3 is 9.30 Å². The van der Waals surface area contributed by atoms with E-state index in [1.54, 1.807) is 6.07 Å². The van der Waals surface area contributed by atoms with Gasteiger partial charge >= 0.3 is 5.97 Å². The molecule has 3 nitrogen and oxygen atoms in total. The van der Waals surface area contributed by atoms with Gasteiger partial charge in [0, 0.05) is 22.8 Å². The largest absolute Gasteiger partial charge is 0.465 e. The Kier molecular flexibility index (Phi) is 4.39. The molecular weight excluding hydrogens is 310 g/mol. The summed E-state index contributed by atoms with van der Waals surface area (Å²) < 4.78 is 7.04. The molecule has 0 fully saturated rings. The molecule has 0 radical (unpaired) electrons. The lowest BCUT2D eigenvalue weighted by molar-refractivity contribution is 0.0601. The summed E-state index contributed by atoms with van der Waals surface area (Å²) in [6.07, 6.45) is 0.909. The Morgan fingerprint density at radius 3 is 2.65 bits per heavy atom. The van der Waals surface area contributed by atoms with E-state index in [-0.39, 0.29) is 5.97 Å². The molecule has 3 aromatic rings. The van der Waals surface area contributed by atoms with Crippen LogP contribution >= 0.6 is 11.6 Å². The lowest BCUT2D eigenvalue weighted by atomic mass is 10.1. The molecular formula is C19H18ClNO2. The van der Waals surface area contributed by atoms with Crippen LogP contribution in [-0.4, -0.2) is 17.6 Å². The van der Waals surface area contributed by atoms with E-state index < -0.39 is 0 Å². The van der Waals surface area contributed by atoms with E-state index in [2.05, 4.69) is 17.6 Å². The number of hydrogen-bond donors (Lipinski definition) is 0. The lowest BCUT2D eigenvalue weighted by Gasteiger charge is -2.11. The van der Waals surface area contributed by atoms with Gasteiger partial charge in [-0.25, -0.2) is 4.79 Å². The normalized spacial score (nSPS) is 10.9. The third-order valence-corrected chi connectivity index (χ3v) is 4.43. The predicted octanol–water partition coefficient (Wildman–Crippen LogP) is 4.69. The first-order valence-corrected chi connectivity index (χ1v) is 7.95. The SMILES string of the molecule is CCc1cc2ccc(C(=O)OC)cc2n1Cc1ccccc1Cl. The predicted molar refractivity (Wildman–Crippen MR) is 93.2 cm³/mol. The quantitative estimate of drug-likeness (QED) is 0.651. The maximum atomic E-state index is 11.8. The summed E-state index contributed by atoms with van der Waals surface area (Å²) >= 11 is 6.30. The number of benzene rings is 2. The molecule has 3 rings (SSSR count). The Morgan fingerprint density at radius 1 is 1.17 bits per heavy atom. The van der Waals surface area contributed by atoms with Gasteiger partial charge in [-0.2, -0.15) is 0 Å². The number of nitrogens with zero attached hydrogens (tertiary/aromatic N) is 1. The maximum Gasteiger partial charge on any atom is 0.337 e. The van der Waals surface area contributed by atoms with E-state index in [0.717, 1.165) is 27.9 Å². The van der Waals surface area contributed by atoms with Crippen molar-refractivity contribution >= 4 is 28.5 Å². The van der Waals surface area contributed by atoms with Crippen LogP contribution < -0.4 is 0 Å². The molecule has 1 aromatic heterocycles.